The molecule has 1 aromatic heterocycles. The molecule has 27 heavy (non-hydrogen) atoms. The fourth-order valence-electron chi connectivity index (χ4n) is 3.89. The summed E-state index contributed by atoms with van der Waals surface area (Å²) in [6.07, 6.45) is 4.58. The SMILES string of the molecule is CC(c1ccccn1)N(C)C(=O)C(C)(O)CN1C(=O)NC2(CCCC2)C1=O. The van der Waals surface area contributed by atoms with Crippen LogP contribution in [0.2, 0.25) is 0 Å². The van der Waals surface area contributed by atoms with Crippen molar-refractivity contribution in [2.75, 3.05) is 13.6 Å². The lowest BCUT2D eigenvalue weighted by molar-refractivity contribution is -0.153. The van der Waals surface area contributed by atoms with E-state index in [9.17, 15) is 19.5 Å². The number of nitrogens with one attached hydrogen (secondary N) is 1. The van der Waals surface area contributed by atoms with E-state index in [1.54, 1.807) is 32.3 Å². The van der Waals surface area contributed by atoms with Crippen molar-refractivity contribution in [2.24, 2.45) is 0 Å². The number of urea groups is 1. The molecule has 1 spiro atoms. The van der Waals surface area contributed by atoms with Gasteiger partial charge in [0.15, 0.2) is 5.60 Å². The van der Waals surface area contributed by atoms with Gasteiger partial charge in [0.2, 0.25) is 0 Å². The molecule has 2 fully saturated rings. The summed E-state index contributed by atoms with van der Waals surface area (Å²) in [5.74, 6) is -0.924. The van der Waals surface area contributed by atoms with E-state index < -0.39 is 23.1 Å². The number of nitrogens with zero attached hydrogens (tertiary/aromatic N) is 3. The molecule has 146 valence electrons. The molecular weight excluding hydrogens is 348 g/mol. The van der Waals surface area contributed by atoms with E-state index in [1.165, 1.54) is 11.8 Å². The molecule has 0 bridgehead atoms. The van der Waals surface area contributed by atoms with E-state index in [1.807, 2.05) is 6.07 Å². The third-order valence-corrected chi connectivity index (χ3v) is 5.65. The molecular formula is C19H26N4O4. The fraction of sp³-hybridized carbons (Fsp3) is 0.579. The average Bonchev–Trinajstić information content (AvgIpc) is 3.21. The minimum Gasteiger partial charge on any atom is -0.378 e. The molecule has 0 radical (unpaired) electrons. The number of aliphatic hydroxyl groups is 1. The lowest BCUT2D eigenvalue weighted by Gasteiger charge is -2.33. The van der Waals surface area contributed by atoms with E-state index in [4.69, 9.17) is 0 Å². The summed E-state index contributed by atoms with van der Waals surface area (Å²) in [5, 5.41) is 13.6. The summed E-state index contributed by atoms with van der Waals surface area (Å²) in [7, 11) is 1.57. The minimum atomic E-state index is -1.89. The first-order valence-electron chi connectivity index (χ1n) is 9.23. The highest BCUT2D eigenvalue weighted by Gasteiger charge is 2.54. The number of amides is 4. The zero-order chi connectivity index (χ0) is 19.8. The Labute approximate surface area is 158 Å². The van der Waals surface area contributed by atoms with Crippen LogP contribution in [0.4, 0.5) is 4.79 Å². The highest BCUT2D eigenvalue weighted by molar-refractivity contribution is 6.07. The van der Waals surface area contributed by atoms with E-state index in [0.717, 1.165) is 17.7 Å². The molecule has 8 nitrogen and oxygen atoms in total. The molecule has 1 aliphatic heterocycles. The van der Waals surface area contributed by atoms with Crippen molar-refractivity contribution in [1.82, 2.24) is 20.1 Å². The van der Waals surface area contributed by atoms with Gasteiger partial charge in [0.1, 0.15) is 5.54 Å². The first kappa shape index (κ1) is 19.3. The fourth-order valence-corrected chi connectivity index (χ4v) is 3.89. The number of β-amino-alcohol motifs (C(OH)–C–C–N with tert-alkyl or cyclic N) is 1. The Hall–Kier alpha value is -2.48. The van der Waals surface area contributed by atoms with E-state index in [-0.39, 0.29) is 18.5 Å². The molecule has 2 N–H and O–H groups in total. The van der Waals surface area contributed by atoms with Gasteiger partial charge in [-0.05, 0) is 38.8 Å². The number of hydrogen-bond acceptors (Lipinski definition) is 5. The first-order chi connectivity index (χ1) is 12.7. The van der Waals surface area contributed by atoms with Crippen LogP contribution in [-0.2, 0) is 9.59 Å². The molecule has 1 aromatic rings. The van der Waals surface area contributed by atoms with Crippen molar-refractivity contribution < 1.29 is 19.5 Å². The Bertz CT molecular complexity index is 743. The Morgan fingerprint density at radius 2 is 2.07 bits per heavy atom. The topological polar surface area (TPSA) is 103 Å². The Kier molecular flexibility index (Phi) is 4.94. The quantitative estimate of drug-likeness (QED) is 0.755. The molecule has 1 saturated carbocycles. The third kappa shape index (κ3) is 3.41. The second kappa shape index (κ2) is 6.92. The molecule has 0 aromatic carbocycles. The maximum atomic E-state index is 12.9. The van der Waals surface area contributed by atoms with Gasteiger partial charge in [-0.1, -0.05) is 18.9 Å². The number of carbonyl (C=O) groups is 3. The van der Waals surface area contributed by atoms with Crippen molar-refractivity contribution >= 4 is 17.8 Å². The summed E-state index contributed by atoms with van der Waals surface area (Å²) in [4.78, 5) is 44.5. The van der Waals surface area contributed by atoms with Crippen LogP contribution in [0, 0.1) is 0 Å². The Morgan fingerprint density at radius 3 is 2.67 bits per heavy atom. The lowest BCUT2D eigenvalue weighted by atomic mass is 9.97. The summed E-state index contributed by atoms with van der Waals surface area (Å²) in [5.41, 5.74) is -2.07. The number of pyridine rings is 1. The second-order valence-electron chi connectivity index (χ2n) is 7.73. The standard InChI is InChI=1S/C19H26N4O4/c1-13(14-8-4-7-11-20-14)22(3)15(24)18(2,27)12-23-16(25)19(21-17(23)26)9-5-6-10-19/h4,7-8,11,13,27H,5-6,9-10,12H2,1-3H3,(H,21,26). The van der Waals surface area contributed by atoms with Crippen molar-refractivity contribution in [3.8, 4) is 0 Å². The van der Waals surface area contributed by atoms with Crippen LogP contribution in [0.1, 0.15) is 51.3 Å². The van der Waals surface area contributed by atoms with Crippen LogP contribution in [0.25, 0.3) is 0 Å². The predicted octanol–water partition coefficient (Wildman–Crippen LogP) is 1.22. The van der Waals surface area contributed by atoms with Crippen LogP contribution in [0.15, 0.2) is 24.4 Å². The smallest absolute Gasteiger partial charge is 0.325 e. The maximum absolute atomic E-state index is 12.9. The monoisotopic (exact) mass is 374 g/mol. The van der Waals surface area contributed by atoms with Crippen LogP contribution < -0.4 is 5.32 Å². The van der Waals surface area contributed by atoms with Gasteiger partial charge < -0.3 is 15.3 Å². The first-order valence-corrected chi connectivity index (χ1v) is 9.23. The molecule has 1 saturated heterocycles. The molecule has 3 rings (SSSR count). The molecule has 4 amide bonds. The van der Waals surface area contributed by atoms with Crippen LogP contribution in [0.3, 0.4) is 0 Å². The Morgan fingerprint density at radius 1 is 1.41 bits per heavy atom. The van der Waals surface area contributed by atoms with Gasteiger partial charge in [-0.2, -0.15) is 0 Å². The van der Waals surface area contributed by atoms with Crippen LogP contribution in [0.5, 0.6) is 0 Å². The number of rotatable bonds is 5. The lowest BCUT2D eigenvalue weighted by Crippen LogP contribution is -2.54. The molecule has 2 heterocycles. The van der Waals surface area contributed by atoms with Crippen molar-refractivity contribution in [2.45, 2.75) is 56.7 Å². The predicted molar refractivity (Wildman–Crippen MR) is 97.5 cm³/mol. The van der Waals surface area contributed by atoms with Crippen molar-refractivity contribution in [1.29, 1.82) is 0 Å². The van der Waals surface area contributed by atoms with E-state index in [0.29, 0.717) is 18.5 Å². The van der Waals surface area contributed by atoms with Gasteiger partial charge in [0, 0.05) is 13.2 Å². The van der Waals surface area contributed by atoms with Crippen molar-refractivity contribution in [3.63, 3.8) is 0 Å². The number of hydrogen-bond donors (Lipinski definition) is 2. The highest BCUT2D eigenvalue weighted by atomic mass is 16.3. The third-order valence-electron chi connectivity index (χ3n) is 5.65. The van der Waals surface area contributed by atoms with Gasteiger partial charge >= 0.3 is 6.03 Å². The minimum absolute atomic E-state index is 0.349. The van der Waals surface area contributed by atoms with Gasteiger partial charge in [0.05, 0.1) is 18.3 Å². The second-order valence-corrected chi connectivity index (χ2v) is 7.73. The average molecular weight is 374 g/mol. The number of carbonyl (C=O) groups excluding carboxylic acids is 3. The summed E-state index contributed by atoms with van der Waals surface area (Å²) >= 11 is 0. The largest absolute Gasteiger partial charge is 0.378 e. The van der Waals surface area contributed by atoms with Gasteiger partial charge in [0.25, 0.3) is 11.8 Å². The van der Waals surface area contributed by atoms with Crippen LogP contribution >= 0.6 is 0 Å². The van der Waals surface area contributed by atoms with Crippen LogP contribution in [-0.4, -0.2) is 62.5 Å². The highest BCUT2D eigenvalue weighted by Crippen LogP contribution is 2.35. The molecule has 2 unspecified atom stereocenters. The van der Waals surface area contributed by atoms with E-state index in [2.05, 4.69) is 10.3 Å². The molecule has 8 heteroatoms. The number of aromatic nitrogens is 1. The zero-order valence-corrected chi connectivity index (χ0v) is 15.9. The van der Waals surface area contributed by atoms with Gasteiger partial charge in [-0.25, -0.2) is 4.79 Å². The molecule has 2 atom stereocenters. The molecule has 1 aliphatic carbocycles. The van der Waals surface area contributed by atoms with Gasteiger partial charge in [-0.3, -0.25) is 19.5 Å². The Balaban J connectivity index is 1.73. The number of likely N-dealkylation sites (N-methyl/N-ethyl adjacent to an activating group) is 1. The van der Waals surface area contributed by atoms with Gasteiger partial charge in [-0.15, -0.1) is 0 Å². The molecule has 2 aliphatic rings. The summed E-state index contributed by atoms with van der Waals surface area (Å²) in [6.45, 7) is 2.76. The van der Waals surface area contributed by atoms with Crippen molar-refractivity contribution in [3.05, 3.63) is 30.1 Å². The summed E-state index contributed by atoms with van der Waals surface area (Å²) in [6, 6.07) is 4.49. The number of imide groups is 1. The summed E-state index contributed by atoms with van der Waals surface area (Å²) < 4.78 is 0. The normalized spacial score (nSPS) is 21.9. The maximum Gasteiger partial charge on any atom is 0.325 e. The zero-order valence-electron chi connectivity index (χ0n) is 15.9. The van der Waals surface area contributed by atoms with E-state index >= 15 is 0 Å².